The van der Waals surface area contributed by atoms with Crippen molar-refractivity contribution in [2.24, 2.45) is 0 Å². The van der Waals surface area contributed by atoms with Crippen molar-refractivity contribution in [3.05, 3.63) is 35.3 Å². The summed E-state index contributed by atoms with van der Waals surface area (Å²) in [4.78, 5) is 18.2. The van der Waals surface area contributed by atoms with Gasteiger partial charge < -0.3 is 4.90 Å². The highest BCUT2D eigenvalue weighted by Gasteiger charge is 2.22. The smallest absolute Gasteiger partial charge is 0.271 e. The van der Waals surface area contributed by atoms with Gasteiger partial charge >= 0.3 is 0 Å². The molecular formula is C15H21N3O. The number of amides is 1. The predicted molar refractivity (Wildman–Crippen MR) is 76.6 cm³/mol. The van der Waals surface area contributed by atoms with Gasteiger partial charge in [-0.25, -0.2) is 4.98 Å². The molecule has 2 aromatic heterocycles. The Bertz CT molecular complexity index is 633. The van der Waals surface area contributed by atoms with Crippen molar-refractivity contribution >= 4 is 11.6 Å². The van der Waals surface area contributed by atoms with Gasteiger partial charge in [0.05, 0.1) is 6.20 Å². The number of aryl methyl sites for hydroxylation is 1. The summed E-state index contributed by atoms with van der Waals surface area (Å²) in [6.07, 6.45) is 1.67. The number of fused-ring (bicyclic) bond motifs is 1. The Kier molecular flexibility index (Phi) is 3.12. The van der Waals surface area contributed by atoms with Crippen molar-refractivity contribution in [3.63, 3.8) is 0 Å². The van der Waals surface area contributed by atoms with Gasteiger partial charge in [-0.15, -0.1) is 0 Å². The van der Waals surface area contributed by atoms with Gasteiger partial charge in [-0.2, -0.15) is 0 Å². The van der Waals surface area contributed by atoms with E-state index in [-0.39, 0.29) is 11.3 Å². The minimum Gasteiger partial charge on any atom is -0.343 e. The first kappa shape index (κ1) is 13.6. The lowest BCUT2D eigenvalue weighted by molar-refractivity contribution is 0.0820. The second kappa shape index (κ2) is 4.37. The van der Waals surface area contributed by atoms with Crippen LogP contribution in [0.1, 0.15) is 42.5 Å². The summed E-state index contributed by atoms with van der Waals surface area (Å²) in [5.74, 6) is -0.0262. The highest BCUT2D eigenvalue weighted by molar-refractivity contribution is 5.93. The molecule has 0 bridgehead atoms. The van der Waals surface area contributed by atoms with E-state index in [2.05, 4.69) is 31.8 Å². The molecule has 0 radical (unpaired) electrons. The van der Waals surface area contributed by atoms with Crippen molar-refractivity contribution in [3.8, 4) is 0 Å². The van der Waals surface area contributed by atoms with Crippen molar-refractivity contribution in [1.29, 1.82) is 0 Å². The zero-order chi connectivity index (χ0) is 14.4. The fourth-order valence-electron chi connectivity index (χ4n) is 2.22. The third kappa shape index (κ3) is 2.23. The van der Waals surface area contributed by atoms with Crippen LogP contribution in [0, 0.1) is 6.92 Å². The number of imidazole rings is 1. The maximum atomic E-state index is 12.2. The van der Waals surface area contributed by atoms with Gasteiger partial charge in [0.25, 0.3) is 5.91 Å². The number of nitrogens with zero attached hydrogens (tertiary/aromatic N) is 3. The molecule has 0 atom stereocenters. The predicted octanol–water partition coefficient (Wildman–Crippen LogP) is 2.64. The Balaban J connectivity index is 2.76. The van der Waals surface area contributed by atoms with Gasteiger partial charge in [-0.05, 0) is 18.4 Å². The molecule has 0 N–H and O–H groups in total. The maximum absolute atomic E-state index is 12.2. The minimum absolute atomic E-state index is 0.00125. The summed E-state index contributed by atoms with van der Waals surface area (Å²) in [6.45, 7) is 8.45. The molecule has 0 saturated heterocycles. The lowest BCUT2D eigenvalue weighted by Crippen LogP contribution is -2.24. The Hall–Kier alpha value is -1.84. The topological polar surface area (TPSA) is 37.6 Å². The molecule has 0 aliphatic carbocycles. The van der Waals surface area contributed by atoms with Crippen LogP contribution in [0.2, 0.25) is 0 Å². The van der Waals surface area contributed by atoms with E-state index in [0.29, 0.717) is 5.69 Å². The van der Waals surface area contributed by atoms with Gasteiger partial charge in [0, 0.05) is 25.4 Å². The fourth-order valence-corrected chi connectivity index (χ4v) is 2.22. The van der Waals surface area contributed by atoms with Crippen LogP contribution in [0.5, 0.6) is 0 Å². The number of aromatic nitrogens is 2. The molecule has 2 heterocycles. The van der Waals surface area contributed by atoms with Crippen LogP contribution in [0.15, 0.2) is 18.3 Å². The Morgan fingerprint density at radius 3 is 2.42 bits per heavy atom. The molecule has 4 heteroatoms. The van der Waals surface area contributed by atoms with Gasteiger partial charge in [0.1, 0.15) is 11.3 Å². The second-order valence-electron chi connectivity index (χ2n) is 6.14. The molecule has 19 heavy (non-hydrogen) atoms. The monoisotopic (exact) mass is 259 g/mol. The third-order valence-corrected chi connectivity index (χ3v) is 3.28. The number of rotatable bonds is 1. The Labute approximate surface area is 114 Å². The molecule has 4 nitrogen and oxygen atoms in total. The average molecular weight is 259 g/mol. The third-order valence-electron chi connectivity index (χ3n) is 3.28. The molecule has 1 amide bonds. The van der Waals surface area contributed by atoms with Crippen LogP contribution in [0.3, 0.4) is 0 Å². The minimum atomic E-state index is -0.0262. The largest absolute Gasteiger partial charge is 0.343 e. The molecular weight excluding hydrogens is 238 g/mol. The first-order valence-corrected chi connectivity index (χ1v) is 6.42. The van der Waals surface area contributed by atoms with E-state index in [1.165, 1.54) is 0 Å². The van der Waals surface area contributed by atoms with Crippen molar-refractivity contribution < 1.29 is 4.79 Å². The Morgan fingerprint density at radius 2 is 1.89 bits per heavy atom. The summed E-state index contributed by atoms with van der Waals surface area (Å²) in [7, 11) is 3.51. The molecule has 0 spiro atoms. The first-order chi connectivity index (χ1) is 8.73. The molecule has 102 valence electrons. The number of carbonyl (C=O) groups excluding carboxylic acids is 1. The SMILES string of the molecule is Cc1ccc(C(C)(C)C)c2ncc(C(=O)N(C)C)n12. The van der Waals surface area contributed by atoms with E-state index >= 15 is 0 Å². The number of hydrogen-bond acceptors (Lipinski definition) is 2. The van der Waals surface area contributed by atoms with Crippen molar-refractivity contribution in [1.82, 2.24) is 14.3 Å². The van der Waals surface area contributed by atoms with Crippen molar-refractivity contribution in [2.45, 2.75) is 33.1 Å². The lowest BCUT2D eigenvalue weighted by Gasteiger charge is -2.21. The van der Waals surface area contributed by atoms with E-state index < -0.39 is 0 Å². The maximum Gasteiger partial charge on any atom is 0.271 e. The van der Waals surface area contributed by atoms with Gasteiger partial charge in [-0.1, -0.05) is 26.8 Å². The highest BCUT2D eigenvalue weighted by atomic mass is 16.2. The standard InChI is InChI=1S/C15H21N3O/c1-10-7-8-11(15(2,3)4)13-16-9-12(18(10)13)14(19)17(5)6/h7-9H,1-6H3. The molecule has 2 rings (SSSR count). The number of carbonyl (C=O) groups is 1. The zero-order valence-corrected chi connectivity index (χ0v) is 12.5. The molecule has 0 aliphatic rings. The Morgan fingerprint density at radius 1 is 1.26 bits per heavy atom. The summed E-state index contributed by atoms with van der Waals surface area (Å²) < 4.78 is 1.95. The summed E-state index contributed by atoms with van der Waals surface area (Å²) >= 11 is 0. The lowest BCUT2D eigenvalue weighted by atomic mass is 9.87. The quantitative estimate of drug-likeness (QED) is 0.789. The van der Waals surface area contributed by atoms with E-state index in [0.717, 1.165) is 16.9 Å². The van der Waals surface area contributed by atoms with Crippen LogP contribution in [0.4, 0.5) is 0 Å². The second-order valence-corrected chi connectivity index (χ2v) is 6.14. The fraction of sp³-hybridized carbons (Fsp3) is 0.467. The van der Waals surface area contributed by atoms with Gasteiger partial charge in [0.2, 0.25) is 0 Å². The van der Waals surface area contributed by atoms with Gasteiger partial charge in [-0.3, -0.25) is 9.20 Å². The molecule has 0 aromatic carbocycles. The van der Waals surface area contributed by atoms with Crippen LogP contribution >= 0.6 is 0 Å². The first-order valence-electron chi connectivity index (χ1n) is 6.42. The van der Waals surface area contributed by atoms with Gasteiger partial charge in [0.15, 0.2) is 0 Å². The van der Waals surface area contributed by atoms with Crippen molar-refractivity contribution in [2.75, 3.05) is 14.1 Å². The zero-order valence-electron chi connectivity index (χ0n) is 12.5. The van der Waals surface area contributed by atoms with E-state index in [1.54, 1.807) is 25.2 Å². The summed E-state index contributed by atoms with van der Waals surface area (Å²) in [6, 6.07) is 4.14. The average Bonchev–Trinajstić information content (AvgIpc) is 2.71. The molecule has 0 saturated carbocycles. The van der Waals surface area contributed by atoms with E-state index in [4.69, 9.17) is 0 Å². The van der Waals surface area contributed by atoms with Crippen LogP contribution in [0.25, 0.3) is 5.65 Å². The van der Waals surface area contributed by atoms with Crippen LogP contribution in [-0.2, 0) is 5.41 Å². The normalized spacial score (nSPS) is 11.9. The van der Waals surface area contributed by atoms with Crippen LogP contribution in [-0.4, -0.2) is 34.3 Å². The van der Waals surface area contributed by atoms with E-state index in [1.807, 2.05) is 17.4 Å². The molecule has 2 aromatic rings. The molecule has 0 fully saturated rings. The highest BCUT2D eigenvalue weighted by Crippen LogP contribution is 2.27. The molecule has 0 unspecified atom stereocenters. The molecule has 0 aliphatic heterocycles. The number of pyridine rings is 1. The summed E-state index contributed by atoms with van der Waals surface area (Å²) in [5.41, 5.74) is 3.65. The number of hydrogen-bond donors (Lipinski definition) is 0. The van der Waals surface area contributed by atoms with E-state index in [9.17, 15) is 4.79 Å². The summed E-state index contributed by atoms with van der Waals surface area (Å²) in [5, 5.41) is 0. The van der Waals surface area contributed by atoms with Crippen LogP contribution < -0.4 is 0 Å².